The Morgan fingerprint density at radius 2 is 1.96 bits per heavy atom. The number of nitro groups is 1. The van der Waals surface area contributed by atoms with Crippen LogP contribution in [0.15, 0.2) is 30.5 Å². The maximum atomic E-state index is 11.9. The average molecular weight is 348 g/mol. The molecule has 10 nitrogen and oxygen atoms in total. The van der Waals surface area contributed by atoms with Gasteiger partial charge in [-0.15, -0.1) is 0 Å². The van der Waals surface area contributed by atoms with Crippen LogP contribution < -0.4 is 9.80 Å². The first-order valence-corrected chi connectivity index (χ1v) is 7.32. The lowest BCUT2D eigenvalue weighted by Crippen LogP contribution is -2.33. The number of rotatable bonds is 7. The summed E-state index contributed by atoms with van der Waals surface area (Å²) >= 11 is 0. The number of hydrogen-bond acceptors (Lipinski definition) is 7. The molecule has 25 heavy (non-hydrogen) atoms. The molecule has 0 N–H and O–H groups in total. The minimum absolute atomic E-state index is 0.0149. The summed E-state index contributed by atoms with van der Waals surface area (Å²) in [6.07, 6.45) is 1.37. The van der Waals surface area contributed by atoms with Crippen LogP contribution in [0.2, 0.25) is 0 Å². The van der Waals surface area contributed by atoms with Crippen LogP contribution in [-0.2, 0) is 18.4 Å². The SMILES string of the molecule is CN(C)CC(=O)N([O-])c1ccc(OCc2cnc([N+](=O)[O-])n2C)cc1. The van der Waals surface area contributed by atoms with Crippen molar-refractivity contribution in [3.8, 4) is 5.75 Å². The van der Waals surface area contributed by atoms with Crippen LogP contribution in [0.5, 0.6) is 5.75 Å². The van der Waals surface area contributed by atoms with E-state index in [0.717, 1.165) is 0 Å². The molecule has 2 aromatic rings. The molecular weight excluding hydrogens is 330 g/mol. The minimum Gasteiger partial charge on any atom is -0.752 e. The number of ether oxygens (including phenoxy) is 1. The van der Waals surface area contributed by atoms with E-state index in [4.69, 9.17) is 4.74 Å². The highest BCUT2D eigenvalue weighted by Gasteiger charge is 2.17. The molecule has 0 atom stereocenters. The van der Waals surface area contributed by atoms with E-state index in [9.17, 15) is 20.1 Å². The minimum atomic E-state index is -0.578. The van der Waals surface area contributed by atoms with E-state index in [1.54, 1.807) is 31.1 Å². The second kappa shape index (κ2) is 7.73. The van der Waals surface area contributed by atoms with Crippen molar-refractivity contribution in [1.82, 2.24) is 14.5 Å². The van der Waals surface area contributed by atoms with Gasteiger partial charge in [-0.1, -0.05) is 4.98 Å². The maximum absolute atomic E-state index is 11.9. The Hall–Kier alpha value is -2.98. The fraction of sp³-hybridized carbons (Fsp3) is 0.333. The summed E-state index contributed by atoms with van der Waals surface area (Å²) in [4.78, 5) is 27.2. The Morgan fingerprint density at radius 1 is 1.32 bits per heavy atom. The van der Waals surface area contributed by atoms with Gasteiger partial charge in [0.05, 0.1) is 13.6 Å². The summed E-state index contributed by atoms with van der Waals surface area (Å²) in [5.41, 5.74) is 0.734. The molecule has 0 bridgehead atoms. The molecule has 0 aliphatic heterocycles. The van der Waals surface area contributed by atoms with E-state index in [2.05, 4.69) is 4.98 Å². The fourth-order valence-corrected chi connectivity index (χ4v) is 2.05. The topological polar surface area (TPSA) is 117 Å². The quantitative estimate of drug-likeness (QED) is 0.547. The lowest BCUT2D eigenvalue weighted by atomic mass is 10.3. The largest absolute Gasteiger partial charge is 0.752 e. The van der Waals surface area contributed by atoms with Crippen molar-refractivity contribution in [3.05, 3.63) is 51.5 Å². The van der Waals surface area contributed by atoms with Crippen LogP contribution in [-0.4, -0.2) is 45.9 Å². The van der Waals surface area contributed by atoms with Crippen molar-refractivity contribution in [2.45, 2.75) is 6.61 Å². The highest BCUT2D eigenvalue weighted by molar-refractivity contribution is 5.95. The van der Waals surface area contributed by atoms with Crippen molar-refractivity contribution in [1.29, 1.82) is 0 Å². The molecule has 1 aromatic carbocycles. The second-order valence-corrected chi connectivity index (χ2v) is 5.57. The third-order valence-corrected chi connectivity index (χ3v) is 3.36. The van der Waals surface area contributed by atoms with Gasteiger partial charge in [-0.3, -0.25) is 4.79 Å². The molecule has 0 fully saturated rings. The number of hydroxylamine groups is 1. The summed E-state index contributed by atoms with van der Waals surface area (Å²) in [5, 5.41) is 23.0. The van der Waals surface area contributed by atoms with Crippen molar-refractivity contribution in [2.24, 2.45) is 7.05 Å². The zero-order valence-electron chi connectivity index (χ0n) is 14.1. The van der Waals surface area contributed by atoms with Crippen molar-refractivity contribution in [3.63, 3.8) is 0 Å². The van der Waals surface area contributed by atoms with Crippen LogP contribution in [0.3, 0.4) is 0 Å². The summed E-state index contributed by atoms with van der Waals surface area (Å²) in [6, 6.07) is 6.05. The van der Waals surface area contributed by atoms with E-state index >= 15 is 0 Å². The van der Waals surface area contributed by atoms with Gasteiger partial charge in [0.25, 0.3) is 0 Å². The molecule has 1 amide bonds. The Balaban J connectivity index is 1.99. The van der Waals surface area contributed by atoms with Gasteiger partial charge in [-0.05, 0) is 43.3 Å². The summed E-state index contributed by atoms with van der Waals surface area (Å²) in [6.45, 7) is 0.0956. The van der Waals surface area contributed by atoms with Crippen LogP contribution in [0.25, 0.3) is 0 Å². The molecule has 0 unspecified atom stereocenters. The molecular formula is C15H18N5O5-. The molecule has 0 aliphatic carbocycles. The van der Waals surface area contributed by atoms with Gasteiger partial charge < -0.3 is 30.0 Å². The lowest BCUT2D eigenvalue weighted by Gasteiger charge is -2.29. The molecule has 1 heterocycles. The predicted octanol–water partition coefficient (Wildman–Crippen LogP) is 1.30. The Kier molecular flexibility index (Phi) is 5.67. The molecule has 2 rings (SSSR count). The number of amides is 1. The van der Waals surface area contributed by atoms with E-state index in [0.29, 0.717) is 16.5 Å². The van der Waals surface area contributed by atoms with Crippen molar-refractivity contribution < 1.29 is 14.5 Å². The van der Waals surface area contributed by atoms with Crippen LogP contribution in [0.4, 0.5) is 11.6 Å². The number of hydrogen-bond donors (Lipinski definition) is 0. The number of anilines is 1. The van der Waals surface area contributed by atoms with E-state index in [1.807, 2.05) is 0 Å². The first-order valence-electron chi connectivity index (χ1n) is 7.32. The van der Waals surface area contributed by atoms with Crippen LogP contribution in [0.1, 0.15) is 5.69 Å². The molecule has 0 saturated heterocycles. The van der Waals surface area contributed by atoms with Gasteiger partial charge >= 0.3 is 5.95 Å². The normalized spacial score (nSPS) is 10.8. The summed E-state index contributed by atoms with van der Waals surface area (Å²) < 4.78 is 6.86. The highest BCUT2D eigenvalue weighted by Crippen LogP contribution is 2.20. The average Bonchev–Trinajstić information content (AvgIpc) is 2.93. The maximum Gasteiger partial charge on any atom is 0.434 e. The van der Waals surface area contributed by atoms with Gasteiger partial charge in [0.1, 0.15) is 18.6 Å². The van der Waals surface area contributed by atoms with Gasteiger partial charge in [0.15, 0.2) is 5.69 Å². The fourth-order valence-electron chi connectivity index (χ4n) is 2.05. The standard InChI is InChI=1S/C15H18N5O5/c1-17(2)9-14(21)19(22)11-4-6-13(7-5-11)25-10-12-8-16-15(18(12)3)20(23)24/h4-8H,9-10H2,1-3H3/q-1. The number of benzene rings is 1. The number of nitrogens with zero attached hydrogens (tertiary/aromatic N) is 5. The molecule has 0 spiro atoms. The molecule has 0 saturated carbocycles. The number of aromatic nitrogens is 2. The van der Waals surface area contributed by atoms with E-state index in [-0.39, 0.29) is 24.8 Å². The third kappa shape index (κ3) is 4.52. The van der Waals surface area contributed by atoms with E-state index in [1.165, 1.54) is 29.9 Å². The Bertz CT molecular complexity index is 756. The van der Waals surface area contributed by atoms with Gasteiger partial charge in [0.2, 0.25) is 5.91 Å². The van der Waals surface area contributed by atoms with Crippen LogP contribution in [0, 0.1) is 15.3 Å². The molecule has 10 heteroatoms. The van der Waals surface area contributed by atoms with Gasteiger partial charge in [0, 0.05) is 5.69 Å². The van der Waals surface area contributed by atoms with Crippen LogP contribution >= 0.6 is 0 Å². The number of imidazole rings is 1. The van der Waals surface area contributed by atoms with Crippen molar-refractivity contribution >= 4 is 17.5 Å². The third-order valence-electron chi connectivity index (χ3n) is 3.36. The van der Waals surface area contributed by atoms with E-state index < -0.39 is 10.8 Å². The predicted molar refractivity (Wildman–Crippen MR) is 90.0 cm³/mol. The molecule has 0 radical (unpaired) electrons. The number of likely N-dealkylation sites (N-methyl/N-ethyl adjacent to an activating group) is 1. The molecule has 134 valence electrons. The van der Waals surface area contributed by atoms with Crippen molar-refractivity contribution in [2.75, 3.05) is 25.7 Å². The first-order chi connectivity index (χ1) is 11.8. The molecule has 0 aliphatic rings. The summed E-state index contributed by atoms with van der Waals surface area (Å²) in [5.74, 6) is -0.378. The lowest BCUT2D eigenvalue weighted by molar-refractivity contribution is -0.396. The smallest absolute Gasteiger partial charge is 0.434 e. The zero-order chi connectivity index (χ0) is 18.6. The highest BCUT2D eigenvalue weighted by atomic mass is 16.6. The van der Waals surface area contributed by atoms with Gasteiger partial charge in [-0.25, -0.2) is 4.57 Å². The Labute approximate surface area is 144 Å². The number of carbonyl (C=O) groups excluding carboxylic acids is 1. The second-order valence-electron chi connectivity index (χ2n) is 5.57. The Morgan fingerprint density at radius 3 is 2.48 bits per heavy atom. The first kappa shape index (κ1) is 18.4. The monoisotopic (exact) mass is 348 g/mol. The van der Waals surface area contributed by atoms with Gasteiger partial charge in [-0.2, -0.15) is 0 Å². The molecule has 1 aromatic heterocycles. The zero-order valence-corrected chi connectivity index (χ0v) is 14.1. The summed E-state index contributed by atoms with van der Waals surface area (Å²) in [7, 11) is 4.93. The number of carbonyl (C=O) groups is 1.